The van der Waals surface area contributed by atoms with E-state index < -0.39 is 24.5 Å². The van der Waals surface area contributed by atoms with E-state index in [1.165, 1.54) is 19.2 Å². The number of ether oxygens (including phenoxy) is 3. The number of amides is 1. The molecular formula is C23H19NO6. The molecule has 0 aliphatic rings. The minimum absolute atomic E-state index is 0.0185. The van der Waals surface area contributed by atoms with Gasteiger partial charge in [0.1, 0.15) is 5.75 Å². The van der Waals surface area contributed by atoms with Crippen molar-refractivity contribution in [1.82, 2.24) is 0 Å². The molecule has 1 N–H and O–H groups in total. The molecule has 0 fully saturated rings. The van der Waals surface area contributed by atoms with Gasteiger partial charge in [-0.1, -0.05) is 42.5 Å². The number of esters is 2. The van der Waals surface area contributed by atoms with Gasteiger partial charge < -0.3 is 19.5 Å². The van der Waals surface area contributed by atoms with Gasteiger partial charge in [0.15, 0.2) is 12.4 Å². The van der Waals surface area contributed by atoms with Crippen molar-refractivity contribution in [2.24, 2.45) is 0 Å². The van der Waals surface area contributed by atoms with Crippen LogP contribution in [0.1, 0.15) is 20.7 Å². The maximum Gasteiger partial charge on any atom is 0.339 e. The second kappa shape index (κ2) is 9.88. The van der Waals surface area contributed by atoms with Crippen LogP contribution in [0.4, 0.5) is 5.69 Å². The molecule has 152 valence electrons. The summed E-state index contributed by atoms with van der Waals surface area (Å²) in [4.78, 5) is 36.4. The molecule has 0 spiro atoms. The number of methoxy groups -OCH3 is 1. The van der Waals surface area contributed by atoms with E-state index in [0.29, 0.717) is 17.2 Å². The molecule has 7 heteroatoms. The molecule has 0 aromatic heterocycles. The zero-order valence-corrected chi connectivity index (χ0v) is 16.2. The lowest BCUT2D eigenvalue weighted by atomic mass is 10.1. The van der Waals surface area contributed by atoms with Crippen molar-refractivity contribution in [1.29, 1.82) is 0 Å². The third kappa shape index (κ3) is 5.23. The highest BCUT2D eigenvalue weighted by atomic mass is 16.5. The van der Waals surface area contributed by atoms with E-state index in [1.54, 1.807) is 48.5 Å². The summed E-state index contributed by atoms with van der Waals surface area (Å²) in [5.41, 5.74) is 0.509. The van der Waals surface area contributed by atoms with E-state index in [1.807, 2.05) is 18.2 Å². The third-order valence-electron chi connectivity index (χ3n) is 4.02. The van der Waals surface area contributed by atoms with E-state index in [2.05, 4.69) is 10.1 Å². The van der Waals surface area contributed by atoms with Crippen molar-refractivity contribution in [3.63, 3.8) is 0 Å². The minimum atomic E-state index is -0.806. The van der Waals surface area contributed by atoms with Crippen molar-refractivity contribution < 1.29 is 28.6 Å². The number of benzene rings is 3. The number of rotatable bonds is 7. The summed E-state index contributed by atoms with van der Waals surface area (Å²) in [5, 5.41) is 2.65. The maximum atomic E-state index is 12.3. The van der Waals surface area contributed by atoms with Gasteiger partial charge in [-0.15, -0.1) is 0 Å². The summed E-state index contributed by atoms with van der Waals surface area (Å²) in [7, 11) is 1.22. The van der Waals surface area contributed by atoms with Gasteiger partial charge in [0.05, 0.1) is 23.9 Å². The van der Waals surface area contributed by atoms with Crippen LogP contribution in [0.15, 0.2) is 78.9 Å². The largest absolute Gasteiger partial charge is 0.465 e. The van der Waals surface area contributed by atoms with Crippen molar-refractivity contribution in [2.75, 3.05) is 19.0 Å². The van der Waals surface area contributed by atoms with E-state index in [0.717, 1.165) is 0 Å². The fourth-order valence-corrected chi connectivity index (χ4v) is 2.62. The third-order valence-corrected chi connectivity index (χ3v) is 4.02. The van der Waals surface area contributed by atoms with Crippen molar-refractivity contribution in [3.05, 3.63) is 90.0 Å². The first-order valence-electron chi connectivity index (χ1n) is 9.04. The standard InChI is InChI=1S/C23H19NO6/c1-28-22(26)17-11-5-6-12-18(17)23(27)29-15-21(25)24-19-13-7-8-14-20(19)30-16-9-3-2-4-10-16/h2-14H,15H2,1H3,(H,24,25). The van der Waals surface area contributed by atoms with E-state index in [4.69, 9.17) is 9.47 Å². The van der Waals surface area contributed by atoms with Gasteiger partial charge in [0.25, 0.3) is 5.91 Å². The molecule has 0 aliphatic heterocycles. The average molecular weight is 405 g/mol. The second-order valence-electron chi connectivity index (χ2n) is 6.07. The van der Waals surface area contributed by atoms with Crippen LogP contribution in [0, 0.1) is 0 Å². The monoisotopic (exact) mass is 405 g/mol. The van der Waals surface area contributed by atoms with Gasteiger partial charge >= 0.3 is 11.9 Å². The van der Waals surface area contributed by atoms with E-state index >= 15 is 0 Å². The van der Waals surface area contributed by atoms with Gasteiger partial charge in [-0.3, -0.25) is 4.79 Å². The normalized spacial score (nSPS) is 10.0. The predicted molar refractivity (Wildman–Crippen MR) is 110 cm³/mol. The van der Waals surface area contributed by atoms with E-state index in [9.17, 15) is 14.4 Å². The molecule has 3 aromatic rings. The molecule has 30 heavy (non-hydrogen) atoms. The Bertz CT molecular complexity index is 1050. The summed E-state index contributed by atoms with van der Waals surface area (Å²) in [6.45, 7) is -0.534. The first-order valence-corrected chi connectivity index (χ1v) is 9.04. The fraction of sp³-hybridized carbons (Fsp3) is 0.0870. The Kier molecular flexibility index (Phi) is 6.78. The SMILES string of the molecule is COC(=O)c1ccccc1C(=O)OCC(=O)Nc1ccccc1Oc1ccccc1. The highest BCUT2D eigenvalue weighted by molar-refractivity contribution is 6.04. The summed E-state index contributed by atoms with van der Waals surface area (Å²) in [6.07, 6.45) is 0. The lowest BCUT2D eigenvalue weighted by molar-refractivity contribution is -0.119. The Balaban J connectivity index is 1.63. The van der Waals surface area contributed by atoms with Crippen LogP contribution in [0.2, 0.25) is 0 Å². The average Bonchev–Trinajstić information content (AvgIpc) is 2.79. The number of nitrogens with one attached hydrogen (secondary N) is 1. The fourth-order valence-electron chi connectivity index (χ4n) is 2.62. The number of anilines is 1. The molecule has 0 atom stereocenters. The van der Waals surface area contributed by atoms with Gasteiger partial charge in [-0.05, 0) is 36.4 Å². The quantitative estimate of drug-likeness (QED) is 0.596. The Hall–Kier alpha value is -4.13. The van der Waals surface area contributed by atoms with Crippen molar-refractivity contribution >= 4 is 23.5 Å². The molecule has 0 saturated heterocycles. The number of carbonyl (C=O) groups excluding carboxylic acids is 3. The van der Waals surface area contributed by atoms with Gasteiger partial charge in [-0.25, -0.2) is 9.59 Å². The molecule has 3 aromatic carbocycles. The summed E-state index contributed by atoms with van der Waals surface area (Å²) in [5.74, 6) is -0.966. The Labute approximate surface area is 173 Å². The Morgan fingerprint density at radius 2 is 1.37 bits per heavy atom. The molecular weight excluding hydrogens is 386 g/mol. The molecule has 0 radical (unpaired) electrons. The Morgan fingerprint density at radius 1 is 0.767 bits per heavy atom. The number of para-hydroxylation sites is 3. The van der Waals surface area contributed by atoms with Crippen LogP contribution in [0.5, 0.6) is 11.5 Å². The molecule has 0 saturated carbocycles. The zero-order chi connectivity index (χ0) is 21.3. The first kappa shape index (κ1) is 20.6. The lowest BCUT2D eigenvalue weighted by Crippen LogP contribution is -2.22. The highest BCUT2D eigenvalue weighted by Gasteiger charge is 2.19. The summed E-state index contributed by atoms with van der Waals surface area (Å²) < 4.78 is 15.5. The van der Waals surface area contributed by atoms with Crippen LogP contribution < -0.4 is 10.1 Å². The Morgan fingerprint density at radius 3 is 2.07 bits per heavy atom. The number of carbonyl (C=O) groups is 3. The predicted octanol–water partition coefficient (Wildman–Crippen LogP) is 4.06. The van der Waals surface area contributed by atoms with Crippen molar-refractivity contribution in [2.45, 2.75) is 0 Å². The summed E-state index contributed by atoms with van der Waals surface area (Å²) in [6, 6.07) is 22.1. The highest BCUT2D eigenvalue weighted by Crippen LogP contribution is 2.29. The maximum absolute atomic E-state index is 12.3. The van der Waals surface area contributed by atoms with Gasteiger partial charge in [0.2, 0.25) is 0 Å². The van der Waals surface area contributed by atoms with Gasteiger partial charge in [-0.2, -0.15) is 0 Å². The molecule has 0 heterocycles. The van der Waals surface area contributed by atoms with Gasteiger partial charge in [0, 0.05) is 0 Å². The molecule has 7 nitrogen and oxygen atoms in total. The molecule has 3 rings (SSSR count). The van der Waals surface area contributed by atoms with Crippen LogP contribution in [-0.4, -0.2) is 31.6 Å². The minimum Gasteiger partial charge on any atom is -0.465 e. The van der Waals surface area contributed by atoms with Crippen LogP contribution in [0.3, 0.4) is 0 Å². The molecule has 1 amide bonds. The second-order valence-corrected chi connectivity index (χ2v) is 6.07. The number of hydrogen-bond donors (Lipinski definition) is 1. The van der Waals surface area contributed by atoms with Crippen LogP contribution >= 0.6 is 0 Å². The van der Waals surface area contributed by atoms with E-state index in [-0.39, 0.29) is 11.1 Å². The van der Waals surface area contributed by atoms with Crippen molar-refractivity contribution in [3.8, 4) is 11.5 Å². The zero-order valence-electron chi connectivity index (χ0n) is 16.2. The molecule has 0 aliphatic carbocycles. The smallest absolute Gasteiger partial charge is 0.339 e. The lowest BCUT2D eigenvalue weighted by Gasteiger charge is -2.12. The van der Waals surface area contributed by atoms with Crippen LogP contribution in [-0.2, 0) is 14.3 Å². The topological polar surface area (TPSA) is 90.9 Å². The molecule has 0 bridgehead atoms. The summed E-state index contributed by atoms with van der Waals surface area (Å²) >= 11 is 0. The number of hydrogen-bond acceptors (Lipinski definition) is 6. The first-order chi connectivity index (χ1) is 14.6. The van der Waals surface area contributed by atoms with Crippen LogP contribution in [0.25, 0.3) is 0 Å². The molecule has 0 unspecified atom stereocenters.